The Labute approximate surface area is 123 Å². The van der Waals surface area contributed by atoms with Crippen molar-refractivity contribution in [1.82, 2.24) is 5.32 Å². The Morgan fingerprint density at radius 2 is 1.65 bits per heavy atom. The maximum atomic E-state index is 10.6. The molecule has 0 amide bonds. The molecule has 0 fully saturated rings. The van der Waals surface area contributed by atoms with Gasteiger partial charge in [0.1, 0.15) is 5.75 Å². The van der Waals surface area contributed by atoms with Crippen molar-refractivity contribution in [2.24, 2.45) is 0 Å². The molecule has 1 unspecified atom stereocenters. The smallest absolute Gasteiger partial charge is 0.119 e. The molecule has 0 aliphatic heterocycles. The van der Waals surface area contributed by atoms with Crippen LogP contribution in [-0.2, 0) is 5.60 Å². The van der Waals surface area contributed by atoms with Crippen LogP contribution in [0.25, 0.3) is 0 Å². The standard InChI is InChI=1S/C17H29NO2/c1-13(2)20-15-9-7-14(8-10-15)17(6,19)11-12-18-16(3,4)5/h7-10,13,18-19H,11-12H2,1-6H3. The maximum absolute atomic E-state index is 10.6. The molecular formula is C17H29NO2. The molecule has 114 valence electrons. The molecule has 3 heteroatoms. The van der Waals surface area contributed by atoms with Crippen LogP contribution in [0.15, 0.2) is 24.3 Å². The predicted octanol–water partition coefficient (Wildman–Crippen LogP) is 3.46. The van der Waals surface area contributed by atoms with E-state index in [0.717, 1.165) is 17.9 Å². The first-order valence-corrected chi connectivity index (χ1v) is 7.35. The second kappa shape index (κ2) is 6.59. The number of nitrogens with one attached hydrogen (secondary N) is 1. The quantitative estimate of drug-likeness (QED) is 0.838. The second-order valence-corrected chi connectivity index (χ2v) is 6.89. The average Bonchev–Trinajstić information content (AvgIpc) is 2.26. The molecule has 2 N–H and O–H groups in total. The van der Waals surface area contributed by atoms with Crippen LogP contribution in [-0.4, -0.2) is 23.3 Å². The molecule has 0 aromatic heterocycles. The molecule has 1 aromatic rings. The Balaban J connectivity index is 2.62. The van der Waals surface area contributed by atoms with E-state index in [0.29, 0.717) is 6.42 Å². The number of rotatable bonds is 6. The minimum Gasteiger partial charge on any atom is -0.491 e. The van der Waals surface area contributed by atoms with Gasteiger partial charge in [0, 0.05) is 5.54 Å². The van der Waals surface area contributed by atoms with E-state index >= 15 is 0 Å². The van der Waals surface area contributed by atoms with Gasteiger partial charge in [-0.2, -0.15) is 0 Å². The van der Waals surface area contributed by atoms with Crippen molar-refractivity contribution in [2.75, 3.05) is 6.54 Å². The molecule has 0 bridgehead atoms. The van der Waals surface area contributed by atoms with Crippen LogP contribution in [0.4, 0.5) is 0 Å². The van der Waals surface area contributed by atoms with Crippen LogP contribution in [0.5, 0.6) is 5.75 Å². The summed E-state index contributed by atoms with van der Waals surface area (Å²) in [5, 5.41) is 14.0. The first kappa shape index (κ1) is 17.0. The van der Waals surface area contributed by atoms with Gasteiger partial charge < -0.3 is 15.2 Å². The van der Waals surface area contributed by atoms with Crippen LogP contribution in [0.2, 0.25) is 0 Å². The predicted molar refractivity (Wildman–Crippen MR) is 84.1 cm³/mol. The van der Waals surface area contributed by atoms with Crippen LogP contribution in [0, 0.1) is 0 Å². The fourth-order valence-corrected chi connectivity index (χ4v) is 1.99. The molecule has 0 saturated heterocycles. The minimum atomic E-state index is -0.825. The molecule has 0 aliphatic rings. The molecule has 1 aromatic carbocycles. The second-order valence-electron chi connectivity index (χ2n) is 6.89. The Bertz CT molecular complexity index is 402. The van der Waals surface area contributed by atoms with E-state index in [9.17, 15) is 5.11 Å². The van der Waals surface area contributed by atoms with E-state index in [1.807, 2.05) is 45.0 Å². The van der Waals surface area contributed by atoms with Crippen LogP contribution >= 0.6 is 0 Å². The van der Waals surface area contributed by atoms with Crippen LogP contribution < -0.4 is 10.1 Å². The summed E-state index contributed by atoms with van der Waals surface area (Å²) in [4.78, 5) is 0. The van der Waals surface area contributed by atoms with E-state index in [4.69, 9.17) is 4.74 Å². The van der Waals surface area contributed by atoms with Crippen molar-refractivity contribution in [3.63, 3.8) is 0 Å². The normalized spacial score (nSPS) is 15.2. The SMILES string of the molecule is CC(C)Oc1ccc(C(C)(O)CCNC(C)(C)C)cc1. The van der Waals surface area contributed by atoms with Gasteiger partial charge in [0.25, 0.3) is 0 Å². The molecule has 0 saturated carbocycles. The van der Waals surface area contributed by atoms with E-state index in [2.05, 4.69) is 26.1 Å². The lowest BCUT2D eigenvalue weighted by Crippen LogP contribution is -2.39. The summed E-state index contributed by atoms with van der Waals surface area (Å²) in [6.45, 7) is 13.0. The highest BCUT2D eigenvalue weighted by molar-refractivity contribution is 5.30. The van der Waals surface area contributed by atoms with Gasteiger partial charge in [-0.15, -0.1) is 0 Å². The van der Waals surface area contributed by atoms with Gasteiger partial charge in [-0.25, -0.2) is 0 Å². The van der Waals surface area contributed by atoms with Crippen molar-refractivity contribution >= 4 is 0 Å². The summed E-state index contributed by atoms with van der Waals surface area (Å²) in [7, 11) is 0. The Kier molecular flexibility index (Phi) is 5.60. The topological polar surface area (TPSA) is 41.5 Å². The summed E-state index contributed by atoms with van der Waals surface area (Å²) >= 11 is 0. The minimum absolute atomic E-state index is 0.0744. The highest BCUT2D eigenvalue weighted by atomic mass is 16.5. The number of hydrogen-bond donors (Lipinski definition) is 2. The number of aliphatic hydroxyl groups is 1. The molecule has 3 nitrogen and oxygen atoms in total. The van der Waals surface area contributed by atoms with Gasteiger partial charge >= 0.3 is 0 Å². The summed E-state index contributed by atoms with van der Waals surface area (Å²) < 4.78 is 5.61. The van der Waals surface area contributed by atoms with Gasteiger partial charge in [0.2, 0.25) is 0 Å². The maximum Gasteiger partial charge on any atom is 0.119 e. The summed E-state index contributed by atoms with van der Waals surface area (Å²) in [6.07, 6.45) is 0.839. The van der Waals surface area contributed by atoms with Crippen molar-refractivity contribution < 1.29 is 9.84 Å². The van der Waals surface area contributed by atoms with E-state index in [-0.39, 0.29) is 11.6 Å². The molecule has 20 heavy (non-hydrogen) atoms. The van der Waals surface area contributed by atoms with Gasteiger partial charge in [-0.05, 0) is 72.2 Å². The fraction of sp³-hybridized carbons (Fsp3) is 0.647. The van der Waals surface area contributed by atoms with Gasteiger partial charge in [-0.1, -0.05) is 12.1 Å². The summed E-state index contributed by atoms with van der Waals surface area (Å²) in [5.74, 6) is 0.840. The molecular weight excluding hydrogens is 250 g/mol. The molecule has 0 radical (unpaired) electrons. The fourth-order valence-electron chi connectivity index (χ4n) is 1.99. The van der Waals surface area contributed by atoms with E-state index in [1.54, 1.807) is 0 Å². The third-order valence-electron chi connectivity index (χ3n) is 3.12. The largest absolute Gasteiger partial charge is 0.491 e. The molecule has 1 atom stereocenters. The Hall–Kier alpha value is -1.06. The Morgan fingerprint density at radius 3 is 2.10 bits per heavy atom. The van der Waals surface area contributed by atoms with Crippen molar-refractivity contribution in [2.45, 2.75) is 65.2 Å². The highest BCUT2D eigenvalue weighted by Crippen LogP contribution is 2.26. The average molecular weight is 279 g/mol. The van der Waals surface area contributed by atoms with Crippen molar-refractivity contribution in [3.05, 3.63) is 29.8 Å². The Morgan fingerprint density at radius 1 is 1.10 bits per heavy atom. The van der Waals surface area contributed by atoms with Gasteiger partial charge in [0.05, 0.1) is 11.7 Å². The van der Waals surface area contributed by atoms with Crippen LogP contribution in [0.1, 0.15) is 53.5 Å². The summed E-state index contributed by atoms with van der Waals surface area (Å²) in [5.41, 5.74) is 0.170. The molecule has 0 spiro atoms. The van der Waals surface area contributed by atoms with Crippen LogP contribution in [0.3, 0.4) is 0 Å². The van der Waals surface area contributed by atoms with E-state index < -0.39 is 5.60 Å². The van der Waals surface area contributed by atoms with Crippen molar-refractivity contribution in [3.8, 4) is 5.75 Å². The summed E-state index contributed by atoms with van der Waals surface area (Å²) in [6, 6.07) is 7.71. The lowest BCUT2D eigenvalue weighted by molar-refractivity contribution is 0.0463. The van der Waals surface area contributed by atoms with Gasteiger partial charge in [-0.3, -0.25) is 0 Å². The highest BCUT2D eigenvalue weighted by Gasteiger charge is 2.23. The van der Waals surface area contributed by atoms with E-state index in [1.165, 1.54) is 0 Å². The molecule has 0 aliphatic carbocycles. The lowest BCUT2D eigenvalue weighted by Gasteiger charge is -2.27. The lowest BCUT2D eigenvalue weighted by atomic mass is 9.92. The number of benzene rings is 1. The first-order valence-electron chi connectivity index (χ1n) is 7.35. The zero-order chi connectivity index (χ0) is 15.4. The monoisotopic (exact) mass is 279 g/mol. The number of hydrogen-bond acceptors (Lipinski definition) is 3. The third kappa shape index (κ3) is 5.93. The number of ether oxygens (including phenoxy) is 1. The third-order valence-corrected chi connectivity index (χ3v) is 3.12. The zero-order valence-corrected chi connectivity index (χ0v) is 13.7. The zero-order valence-electron chi connectivity index (χ0n) is 13.7. The molecule has 0 heterocycles. The van der Waals surface area contributed by atoms with Gasteiger partial charge in [0.15, 0.2) is 0 Å². The first-order chi connectivity index (χ1) is 9.10. The molecule has 1 rings (SSSR count). The van der Waals surface area contributed by atoms with Crippen molar-refractivity contribution in [1.29, 1.82) is 0 Å².